The van der Waals surface area contributed by atoms with Crippen molar-refractivity contribution in [2.45, 2.75) is 5.60 Å². The molecule has 2 heterocycles. The van der Waals surface area contributed by atoms with E-state index in [1.165, 1.54) is 0 Å². The molecule has 0 N–H and O–H groups in total. The molecule has 1 aliphatic rings. The maximum absolute atomic E-state index is 13.1. The van der Waals surface area contributed by atoms with Gasteiger partial charge in [-0.15, -0.1) is 0 Å². The van der Waals surface area contributed by atoms with Crippen LogP contribution < -0.4 is 9.80 Å². The largest absolute Gasteiger partial charge is 0.439 e. The molecule has 5 nitrogen and oxygen atoms in total. The number of aryl methyl sites for hydroxylation is 1. The predicted octanol–water partition coefficient (Wildman–Crippen LogP) is 3.62. The van der Waals surface area contributed by atoms with Gasteiger partial charge >= 0.3 is 5.97 Å². The molecule has 144 valence electrons. The Hall–Kier alpha value is -3.21. The molecule has 0 bridgehead atoms. The van der Waals surface area contributed by atoms with E-state index >= 15 is 0 Å². The van der Waals surface area contributed by atoms with Crippen LogP contribution in [0.25, 0.3) is 0 Å². The van der Waals surface area contributed by atoms with Gasteiger partial charge in [-0.25, -0.2) is 4.79 Å². The molecule has 28 heavy (non-hydrogen) atoms. The molecule has 3 aromatic rings. The zero-order valence-electron chi connectivity index (χ0n) is 16.9. The van der Waals surface area contributed by atoms with Crippen molar-refractivity contribution in [2.75, 3.05) is 38.0 Å². The van der Waals surface area contributed by atoms with E-state index in [9.17, 15) is 4.79 Å². The minimum absolute atomic E-state index is 0.298. The van der Waals surface area contributed by atoms with Gasteiger partial charge in [0.05, 0.1) is 11.3 Å². The summed E-state index contributed by atoms with van der Waals surface area (Å²) in [6.45, 7) is 0. The standard InChI is InChI=1S/C23H25N3O2/c1-24(2)16-12-13-18-17(15-16)22(27)28-23(18,21-11-8-14-26(21)5)19-9-6-7-10-20(19)25(3)4/h6-15H,1-5H3. The van der Waals surface area contributed by atoms with E-state index in [0.29, 0.717) is 5.56 Å². The van der Waals surface area contributed by atoms with Gasteiger partial charge in [-0.2, -0.15) is 0 Å². The Morgan fingerprint density at radius 3 is 2.29 bits per heavy atom. The molecule has 0 saturated carbocycles. The molecule has 1 atom stereocenters. The topological polar surface area (TPSA) is 37.7 Å². The first kappa shape index (κ1) is 18.2. The summed E-state index contributed by atoms with van der Waals surface area (Å²) in [5, 5.41) is 0. The van der Waals surface area contributed by atoms with Crippen LogP contribution in [0.4, 0.5) is 11.4 Å². The third-order valence-corrected chi connectivity index (χ3v) is 5.43. The molecule has 1 unspecified atom stereocenters. The molecule has 1 aromatic heterocycles. The number of cyclic esters (lactones) is 1. The number of esters is 1. The number of para-hydroxylation sites is 1. The smallest absolute Gasteiger partial charge is 0.340 e. The number of aromatic nitrogens is 1. The van der Waals surface area contributed by atoms with Crippen LogP contribution in [0.5, 0.6) is 0 Å². The monoisotopic (exact) mass is 375 g/mol. The maximum Gasteiger partial charge on any atom is 0.340 e. The lowest BCUT2D eigenvalue weighted by molar-refractivity contribution is 0.0232. The summed E-state index contributed by atoms with van der Waals surface area (Å²) in [4.78, 5) is 17.1. The van der Waals surface area contributed by atoms with Crippen molar-refractivity contribution >= 4 is 17.3 Å². The Bertz CT molecular complexity index is 1050. The molecule has 4 rings (SSSR count). The van der Waals surface area contributed by atoms with Gasteiger partial charge in [0.15, 0.2) is 0 Å². The Morgan fingerprint density at radius 1 is 0.893 bits per heavy atom. The predicted molar refractivity (Wildman–Crippen MR) is 112 cm³/mol. The van der Waals surface area contributed by atoms with Gasteiger partial charge in [0.1, 0.15) is 0 Å². The van der Waals surface area contributed by atoms with Crippen molar-refractivity contribution in [2.24, 2.45) is 7.05 Å². The minimum Gasteiger partial charge on any atom is -0.439 e. The van der Waals surface area contributed by atoms with E-state index in [1.807, 2.05) is 99.4 Å². The van der Waals surface area contributed by atoms with Crippen LogP contribution in [0.15, 0.2) is 60.8 Å². The lowest BCUT2D eigenvalue weighted by atomic mass is 9.81. The molecule has 0 spiro atoms. The number of rotatable bonds is 4. The molecule has 0 aliphatic carbocycles. The second-order valence-electron chi connectivity index (χ2n) is 7.61. The number of nitrogens with zero attached hydrogens (tertiary/aromatic N) is 3. The lowest BCUT2D eigenvalue weighted by Gasteiger charge is -2.33. The summed E-state index contributed by atoms with van der Waals surface area (Å²) >= 11 is 0. The quantitative estimate of drug-likeness (QED) is 0.653. The highest BCUT2D eigenvalue weighted by atomic mass is 16.6. The van der Waals surface area contributed by atoms with E-state index in [1.54, 1.807) is 0 Å². The van der Waals surface area contributed by atoms with Gasteiger partial charge in [-0.1, -0.05) is 24.3 Å². The number of carbonyl (C=O) groups is 1. The highest BCUT2D eigenvalue weighted by Crippen LogP contribution is 2.50. The molecule has 0 amide bonds. The summed E-state index contributed by atoms with van der Waals surface area (Å²) in [6, 6.07) is 18.1. The molecular formula is C23H25N3O2. The summed E-state index contributed by atoms with van der Waals surface area (Å²) in [5.41, 5.74) is 4.36. The van der Waals surface area contributed by atoms with E-state index in [-0.39, 0.29) is 5.97 Å². The molecule has 0 saturated heterocycles. The van der Waals surface area contributed by atoms with Crippen molar-refractivity contribution in [3.05, 3.63) is 83.2 Å². The molecule has 5 heteroatoms. The van der Waals surface area contributed by atoms with E-state index in [0.717, 1.165) is 28.2 Å². The van der Waals surface area contributed by atoms with Gasteiger partial charge in [0, 0.05) is 63.9 Å². The SMILES string of the molecule is CN(C)c1ccc2c(c1)C(=O)OC2(c1ccccc1N(C)C)c1cccn1C. The van der Waals surface area contributed by atoms with Crippen molar-refractivity contribution in [3.63, 3.8) is 0 Å². The Kier molecular flexibility index (Phi) is 4.18. The van der Waals surface area contributed by atoms with E-state index in [4.69, 9.17) is 4.74 Å². The van der Waals surface area contributed by atoms with Crippen LogP contribution in [-0.4, -0.2) is 38.7 Å². The van der Waals surface area contributed by atoms with Crippen LogP contribution in [0.1, 0.15) is 27.2 Å². The van der Waals surface area contributed by atoms with Crippen LogP contribution in [0, 0.1) is 0 Å². The van der Waals surface area contributed by atoms with Gasteiger partial charge in [-0.3, -0.25) is 0 Å². The number of hydrogen-bond donors (Lipinski definition) is 0. The molecular weight excluding hydrogens is 350 g/mol. The third kappa shape index (κ3) is 2.50. The highest BCUT2D eigenvalue weighted by Gasteiger charge is 2.51. The van der Waals surface area contributed by atoms with Gasteiger partial charge in [0.2, 0.25) is 5.60 Å². The number of carbonyl (C=O) groups excluding carboxylic acids is 1. The van der Waals surface area contributed by atoms with Gasteiger partial charge in [-0.05, 0) is 30.3 Å². The van der Waals surface area contributed by atoms with Crippen LogP contribution >= 0.6 is 0 Å². The average Bonchev–Trinajstić information content (AvgIpc) is 3.23. The second kappa shape index (κ2) is 6.44. The zero-order valence-corrected chi connectivity index (χ0v) is 16.9. The average molecular weight is 375 g/mol. The van der Waals surface area contributed by atoms with Crippen molar-refractivity contribution in [1.29, 1.82) is 0 Å². The molecule has 0 fully saturated rings. The first-order chi connectivity index (χ1) is 13.4. The van der Waals surface area contributed by atoms with Crippen molar-refractivity contribution in [3.8, 4) is 0 Å². The first-order valence-electron chi connectivity index (χ1n) is 9.30. The highest BCUT2D eigenvalue weighted by molar-refractivity contribution is 5.97. The normalized spacial score (nSPS) is 18.0. The van der Waals surface area contributed by atoms with Crippen molar-refractivity contribution in [1.82, 2.24) is 4.57 Å². The fourth-order valence-corrected chi connectivity index (χ4v) is 4.05. The Morgan fingerprint density at radius 2 is 1.64 bits per heavy atom. The number of anilines is 2. The first-order valence-corrected chi connectivity index (χ1v) is 9.30. The van der Waals surface area contributed by atoms with Crippen LogP contribution in [0.2, 0.25) is 0 Å². The van der Waals surface area contributed by atoms with Crippen molar-refractivity contribution < 1.29 is 9.53 Å². The van der Waals surface area contributed by atoms with E-state index in [2.05, 4.69) is 11.0 Å². The molecule has 1 aliphatic heterocycles. The number of benzene rings is 2. The second-order valence-corrected chi connectivity index (χ2v) is 7.61. The fourth-order valence-electron chi connectivity index (χ4n) is 4.05. The molecule has 0 radical (unpaired) electrons. The number of ether oxygens (including phenoxy) is 1. The third-order valence-electron chi connectivity index (χ3n) is 5.43. The minimum atomic E-state index is -0.990. The number of hydrogen-bond acceptors (Lipinski definition) is 4. The van der Waals surface area contributed by atoms with Crippen LogP contribution in [0.3, 0.4) is 0 Å². The maximum atomic E-state index is 13.1. The Labute approximate surface area is 165 Å². The Balaban J connectivity index is 2.08. The summed E-state index contributed by atoms with van der Waals surface area (Å²) in [7, 11) is 9.92. The van der Waals surface area contributed by atoms with Gasteiger partial charge in [0.25, 0.3) is 0 Å². The summed E-state index contributed by atoms with van der Waals surface area (Å²) in [6.07, 6.45) is 1.98. The van der Waals surface area contributed by atoms with E-state index < -0.39 is 5.60 Å². The number of fused-ring (bicyclic) bond motifs is 1. The summed E-state index contributed by atoms with van der Waals surface area (Å²) in [5.74, 6) is -0.298. The summed E-state index contributed by atoms with van der Waals surface area (Å²) < 4.78 is 8.27. The van der Waals surface area contributed by atoms with Crippen LogP contribution in [-0.2, 0) is 17.4 Å². The van der Waals surface area contributed by atoms with Gasteiger partial charge < -0.3 is 19.1 Å². The molecule has 2 aromatic carbocycles. The zero-order chi connectivity index (χ0) is 20.1. The fraction of sp³-hybridized carbons (Fsp3) is 0.261. The lowest BCUT2D eigenvalue weighted by Crippen LogP contribution is -2.33.